The van der Waals surface area contributed by atoms with Crippen molar-refractivity contribution >= 4 is 31.0 Å². The summed E-state index contributed by atoms with van der Waals surface area (Å²) in [4.78, 5) is 19.9. The number of hydrogen-bond acceptors (Lipinski definition) is 8. The molecule has 0 aromatic heterocycles. The van der Waals surface area contributed by atoms with E-state index in [1.165, 1.54) is 31.2 Å². The van der Waals surface area contributed by atoms with Crippen molar-refractivity contribution in [2.45, 2.75) is 25.1 Å². The zero-order chi connectivity index (χ0) is 24.1. The largest absolute Gasteiger partial charge is 0.272 e. The van der Waals surface area contributed by atoms with E-state index in [0.29, 0.717) is 11.1 Å². The number of rotatable bonds is 6. The van der Waals surface area contributed by atoms with Crippen molar-refractivity contribution < 1.29 is 31.1 Å². The number of sulfone groups is 2. The fourth-order valence-corrected chi connectivity index (χ4v) is 4.01. The maximum absolute atomic E-state index is 13.4. The molecule has 0 heterocycles. The lowest BCUT2D eigenvalue weighted by Gasteiger charge is -2.07. The molecule has 2 rings (SSSR count). The average molecular weight is 477 g/mol. The summed E-state index contributed by atoms with van der Waals surface area (Å²) in [7, 11) is -6.94. The van der Waals surface area contributed by atoms with E-state index in [9.17, 15) is 41.5 Å². The van der Waals surface area contributed by atoms with Crippen LogP contribution in [0.2, 0.25) is 0 Å². The summed E-state index contributed by atoms with van der Waals surface area (Å²) >= 11 is 0. The van der Waals surface area contributed by atoms with Crippen LogP contribution in [-0.4, -0.2) is 39.2 Å². The molecule has 13 heteroatoms. The van der Waals surface area contributed by atoms with Crippen LogP contribution in [0, 0.1) is 34.1 Å². The highest BCUT2D eigenvalue weighted by Gasteiger charge is 2.23. The summed E-state index contributed by atoms with van der Waals surface area (Å²) in [6.45, 7) is 3.01. The Morgan fingerprint density at radius 3 is 1.68 bits per heavy atom. The Balaban J connectivity index is 0.000000311. The van der Waals surface area contributed by atoms with Gasteiger partial charge in [0, 0.05) is 41.3 Å². The molecule has 2 aromatic rings. The lowest BCUT2D eigenvalue weighted by atomic mass is 10.1. The first-order chi connectivity index (χ1) is 14.0. The number of aryl methyl sites for hydroxylation is 2. The SMILES string of the molecule is Cc1cc(C(F)S(C)(=O)=O)ccc1[N+](=O)[O-].Cc1cc(CS(C)(=O)=O)ccc1[N+](=O)[O-]. The maximum atomic E-state index is 13.4. The van der Waals surface area contributed by atoms with Crippen LogP contribution in [0.3, 0.4) is 0 Å². The van der Waals surface area contributed by atoms with Gasteiger partial charge in [-0.05, 0) is 37.6 Å². The average Bonchev–Trinajstić information content (AvgIpc) is 2.58. The second kappa shape index (κ2) is 9.92. The molecular formula is C18H21FN2O8S2. The summed E-state index contributed by atoms with van der Waals surface area (Å²) in [6.07, 6.45) is 1.90. The van der Waals surface area contributed by atoms with Crippen molar-refractivity contribution in [2.75, 3.05) is 12.5 Å². The standard InChI is InChI=1S/C9H10FNO4S.C9H11NO4S/c1-6-5-7(9(10)16(2,14)15)3-4-8(6)11(12)13;1-7-5-8(6-15(2,13)14)3-4-9(7)10(11)12/h3-5,9H,1-2H3;3-5H,6H2,1-2H3. The molecule has 10 nitrogen and oxygen atoms in total. The van der Waals surface area contributed by atoms with Gasteiger partial charge in [-0.3, -0.25) is 20.2 Å². The molecule has 31 heavy (non-hydrogen) atoms. The fraction of sp³-hybridized carbons (Fsp3) is 0.333. The number of halogens is 1. The van der Waals surface area contributed by atoms with Gasteiger partial charge < -0.3 is 0 Å². The second-order valence-corrected chi connectivity index (χ2v) is 11.1. The zero-order valence-corrected chi connectivity index (χ0v) is 18.7. The normalized spacial score (nSPS) is 12.4. The van der Waals surface area contributed by atoms with Gasteiger partial charge in [-0.2, -0.15) is 0 Å². The maximum Gasteiger partial charge on any atom is 0.272 e. The van der Waals surface area contributed by atoms with Crippen molar-refractivity contribution in [2.24, 2.45) is 0 Å². The first-order valence-electron chi connectivity index (χ1n) is 8.52. The van der Waals surface area contributed by atoms with Gasteiger partial charge in [0.05, 0.1) is 15.6 Å². The smallest absolute Gasteiger partial charge is 0.258 e. The molecule has 0 aliphatic heterocycles. The number of hydrogen-bond donors (Lipinski definition) is 0. The van der Waals surface area contributed by atoms with Crippen LogP contribution in [-0.2, 0) is 25.4 Å². The van der Waals surface area contributed by atoms with Crippen LogP contribution < -0.4 is 0 Å². The van der Waals surface area contributed by atoms with Gasteiger partial charge in [-0.1, -0.05) is 6.07 Å². The van der Waals surface area contributed by atoms with Gasteiger partial charge >= 0.3 is 0 Å². The highest BCUT2D eigenvalue weighted by molar-refractivity contribution is 7.90. The summed E-state index contributed by atoms with van der Waals surface area (Å²) < 4.78 is 57.3. The first kappa shape index (κ1) is 26.1. The minimum Gasteiger partial charge on any atom is -0.258 e. The third-order valence-electron chi connectivity index (χ3n) is 3.94. The summed E-state index contributed by atoms with van der Waals surface area (Å²) in [5.41, 5.74) is -1.12. The molecule has 0 aliphatic carbocycles. The predicted octanol–water partition coefficient (Wildman–Crippen LogP) is 3.36. The van der Waals surface area contributed by atoms with Crippen molar-refractivity contribution in [3.05, 3.63) is 78.9 Å². The molecule has 1 unspecified atom stereocenters. The Hall–Kier alpha value is -2.93. The molecule has 0 spiro atoms. The molecule has 170 valence electrons. The van der Waals surface area contributed by atoms with E-state index in [1.807, 2.05) is 0 Å². The monoisotopic (exact) mass is 476 g/mol. The van der Waals surface area contributed by atoms with Crippen molar-refractivity contribution in [1.82, 2.24) is 0 Å². The fourth-order valence-electron chi connectivity index (χ4n) is 2.59. The molecular weight excluding hydrogens is 455 g/mol. The number of alkyl halides is 1. The molecule has 0 N–H and O–H groups in total. The topological polar surface area (TPSA) is 155 Å². The second-order valence-electron chi connectivity index (χ2n) is 6.90. The molecule has 0 radical (unpaired) electrons. The lowest BCUT2D eigenvalue weighted by Crippen LogP contribution is -2.06. The highest BCUT2D eigenvalue weighted by atomic mass is 32.2. The Kier molecular flexibility index (Phi) is 8.35. The van der Waals surface area contributed by atoms with Crippen LogP contribution in [0.4, 0.5) is 15.8 Å². The van der Waals surface area contributed by atoms with Gasteiger partial charge in [-0.15, -0.1) is 0 Å². The van der Waals surface area contributed by atoms with E-state index in [4.69, 9.17) is 0 Å². The number of nitrogens with zero attached hydrogens (tertiary/aromatic N) is 2. The quantitative estimate of drug-likeness (QED) is 0.454. The number of benzene rings is 2. The summed E-state index contributed by atoms with van der Waals surface area (Å²) in [6, 6.07) is 7.70. The van der Waals surface area contributed by atoms with E-state index in [-0.39, 0.29) is 28.3 Å². The Labute approximate surface area is 178 Å². The van der Waals surface area contributed by atoms with Gasteiger partial charge in [-0.25, -0.2) is 21.2 Å². The molecule has 0 aliphatic rings. The molecule has 0 saturated heterocycles. The number of nitro benzene ring substituents is 2. The molecule has 0 fully saturated rings. The van der Waals surface area contributed by atoms with Crippen molar-refractivity contribution in [3.63, 3.8) is 0 Å². The van der Waals surface area contributed by atoms with E-state index in [2.05, 4.69) is 0 Å². The third kappa shape index (κ3) is 8.02. The molecule has 0 saturated carbocycles. The van der Waals surface area contributed by atoms with Crippen LogP contribution in [0.1, 0.15) is 27.8 Å². The minimum atomic E-state index is -3.84. The highest BCUT2D eigenvalue weighted by Crippen LogP contribution is 2.27. The van der Waals surface area contributed by atoms with E-state index in [1.54, 1.807) is 6.92 Å². The zero-order valence-electron chi connectivity index (χ0n) is 17.1. The van der Waals surface area contributed by atoms with Crippen LogP contribution in [0.25, 0.3) is 0 Å². The molecule has 1 atom stereocenters. The van der Waals surface area contributed by atoms with Gasteiger partial charge in [0.1, 0.15) is 0 Å². The van der Waals surface area contributed by atoms with E-state index in [0.717, 1.165) is 24.6 Å². The first-order valence-corrected chi connectivity index (χ1v) is 12.5. The van der Waals surface area contributed by atoms with E-state index < -0.39 is 35.0 Å². The third-order valence-corrected chi connectivity index (χ3v) is 5.82. The van der Waals surface area contributed by atoms with Crippen LogP contribution in [0.15, 0.2) is 36.4 Å². The number of nitro groups is 2. The van der Waals surface area contributed by atoms with Crippen molar-refractivity contribution in [1.29, 1.82) is 0 Å². The van der Waals surface area contributed by atoms with E-state index >= 15 is 0 Å². The molecule has 2 aromatic carbocycles. The van der Waals surface area contributed by atoms with Gasteiger partial charge in [0.25, 0.3) is 11.4 Å². The Bertz CT molecular complexity index is 1210. The van der Waals surface area contributed by atoms with Crippen LogP contribution >= 0.6 is 0 Å². The van der Waals surface area contributed by atoms with Gasteiger partial charge in [0.2, 0.25) is 5.50 Å². The van der Waals surface area contributed by atoms with Crippen LogP contribution in [0.5, 0.6) is 0 Å². The molecule has 0 amide bonds. The lowest BCUT2D eigenvalue weighted by molar-refractivity contribution is -0.385. The summed E-state index contributed by atoms with van der Waals surface area (Å²) in [5, 5.41) is 21.0. The Morgan fingerprint density at radius 1 is 0.871 bits per heavy atom. The predicted molar refractivity (Wildman–Crippen MR) is 113 cm³/mol. The van der Waals surface area contributed by atoms with Crippen molar-refractivity contribution in [3.8, 4) is 0 Å². The van der Waals surface area contributed by atoms with Gasteiger partial charge in [0.15, 0.2) is 19.7 Å². The Morgan fingerprint density at radius 2 is 1.32 bits per heavy atom. The summed E-state index contributed by atoms with van der Waals surface area (Å²) in [5.74, 6) is -0.0914. The molecule has 0 bridgehead atoms. The minimum absolute atomic E-state index is 0.00671.